The van der Waals surface area contributed by atoms with E-state index >= 15 is 0 Å². The van der Waals surface area contributed by atoms with Crippen LogP contribution in [0, 0.1) is 11.3 Å². The summed E-state index contributed by atoms with van der Waals surface area (Å²) in [6, 6.07) is -0.227. The molecule has 1 aliphatic rings. The molecule has 6 heteroatoms. The highest BCUT2D eigenvalue weighted by molar-refractivity contribution is 5.84. The number of rotatable bonds is 4. The lowest BCUT2D eigenvalue weighted by Gasteiger charge is -2.38. The summed E-state index contributed by atoms with van der Waals surface area (Å²) in [7, 11) is 0. The van der Waals surface area contributed by atoms with Crippen molar-refractivity contribution in [3.63, 3.8) is 0 Å². The van der Waals surface area contributed by atoms with Gasteiger partial charge in [0.15, 0.2) is 5.41 Å². The quantitative estimate of drug-likeness (QED) is 0.857. The number of carbonyl (C=O) groups excluding carboxylic acids is 1. The van der Waals surface area contributed by atoms with Gasteiger partial charge in [-0.05, 0) is 32.7 Å². The van der Waals surface area contributed by atoms with Crippen molar-refractivity contribution in [3.8, 4) is 0 Å². The van der Waals surface area contributed by atoms with Crippen LogP contribution in [-0.2, 0) is 4.79 Å². The fourth-order valence-electron chi connectivity index (χ4n) is 2.43. The van der Waals surface area contributed by atoms with E-state index in [1.165, 1.54) is 4.90 Å². The van der Waals surface area contributed by atoms with Gasteiger partial charge in [-0.1, -0.05) is 13.8 Å². The Balaban J connectivity index is 3.05. The summed E-state index contributed by atoms with van der Waals surface area (Å²) in [4.78, 5) is 13.8. The third-order valence-corrected chi connectivity index (χ3v) is 3.55. The van der Waals surface area contributed by atoms with Gasteiger partial charge in [0.05, 0.1) is 0 Å². The topological polar surface area (TPSA) is 32.3 Å². The van der Waals surface area contributed by atoms with Gasteiger partial charge in [-0.25, -0.2) is 0 Å². The van der Waals surface area contributed by atoms with Crippen molar-refractivity contribution in [2.45, 2.75) is 46.3 Å². The van der Waals surface area contributed by atoms with Crippen LogP contribution in [-0.4, -0.2) is 42.7 Å². The van der Waals surface area contributed by atoms with E-state index in [-0.39, 0.29) is 31.5 Å². The van der Waals surface area contributed by atoms with Crippen LogP contribution >= 0.6 is 0 Å². The molecule has 112 valence electrons. The Morgan fingerprint density at radius 2 is 1.89 bits per heavy atom. The Morgan fingerprint density at radius 1 is 1.32 bits per heavy atom. The second-order valence-electron chi connectivity index (χ2n) is 5.95. The molecule has 1 rings (SSSR count). The van der Waals surface area contributed by atoms with Crippen molar-refractivity contribution in [1.29, 1.82) is 0 Å². The van der Waals surface area contributed by atoms with E-state index in [4.69, 9.17) is 0 Å². The first-order valence-corrected chi connectivity index (χ1v) is 6.70. The Bertz CT molecular complexity index is 320. The van der Waals surface area contributed by atoms with Gasteiger partial charge in [0, 0.05) is 19.1 Å². The van der Waals surface area contributed by atoms with Gasteiger partial charge in [-0.15, -0.1) is 0 Å². The molecule has 0 aliphatic carbocycles. The normalized spacial score (nSPS) is 24.3. The maximum atomic E-state index is 13.3. The molecule has 1 atom stereocenters. The first kappa shape index (κ1) is 16.3. The van der Waals surface area contributed by atoms with Gasteiger partial charge >= 0.3 is 6.18 Å². The summed E-state index contributed by atoms with van der Waals surface area (Å²) < 4.78 is 40.0. The third kappa shape index (κ3) is 3.22. The standard InChI is InChI=1S/C13H23F3N2O/c1-9(2)7-18(10(3)4)11(19)12(13(14,15)16)5-6-17-8-12/h9-10,17H,5-8H2,1-4H3. The minimum absolute atomic E-state index is 0.144. The van der Waals surface area contributed by atoms with E-state index in [0.29, 0.717) is 6.54 Å². The number of halogens is 3. The zero-order valence-corrected chi connectivity index (χ0v) is 12.0. The molecule has 3 nitrogen and oxygen atoms in total. The van der Waals surface area contributed by atoms with Crippen molar-refractivity contribution in [2.24, 2.45) is 11.3 Å². The van der Waals surface area contributed by atoms with Gasteiger partial charge in [-0.3, -0.25) is 4.79 Å². The van der Waals surface area contributed by atoms with Crippen LogP contribution in [0.2, 0.25) is 0 Å². The molecule has 0 aromatic carbocycles. The maximum absolute atomic E-state index is 13.3. The summed E-state index contributed by atoms with van der Waals surface area (Å²) in [5, 5.41) is 2.68. The molecule has 1 unspecified atom stereocenters. The third-order valence-electron chi connectivity index (χ3n) is 3.55. The van der Waals surface area contributed by atoms with Crippen LogP contribution < -0.4 is 5.32 Å². The predicted octanol–water partition coefficient (Wildman–Crippen LogP) is 2.42. The minimum Gasteiger partial charge on any atom is -0.339 e. The molecule has 1 N–H and O–H groups in total. The molecule has 0 aromatic rings. The summed E-state index contributed by atoms with van der Waals surface area (Å²) >= 11 is 0. The highest BCUT2D eigenvalue weighted by Crippen LogP contribution is 2.44. The molecule has 1 fully saturated rings. The Kier molecular flexibility index (Phi) is 4.87. The smallest absolute Gasteiger partial charge is 0.339 e. The maximum Gasteiger partial charge on any atom is 0.404 e. The molecular weight excluding hydrogens is 257 g/mol. The Hall–Kier alpha value is -0.780. The summed E-state index contributed by atoms with van der Waals surface area (Å²) in [5.74, 6) is -0.639. The molecular formula is C13H23F3N2O. The molecule has 1 amide bonds. The highest BCUT2D eigenvalue weighted by atomic mass is 19.4. The molecule has 1 aliphatic heterocycles. The number of nitrogens with zero attached hydrogens (tertiary/aromatic N) is 1. The molecule has 1 saturated heterocycles. The van der Waals surface area contributed by atoms with Gasteiger partial charge in [0.1, 0.15) is 0 Å². The monoisotopic (exact) mass is 280 g/mol. The number of hydrogen-bond acceptors (Lipinski definition) is 2. The van der Waals surface area contributed by atoms with Crippen LogP contribution in [0.5, 0.6) is 0 Å². The number of nitrogens with one attached hydrogen (secondary N) is 1. The van der Waals surface area contributed by atoms with Crippen molar-refractivity contribution < 1.29 is 18.0 Å². The largest absolute Gasteiger partial charge is 0.404 e. The zero-order chi connectivity index (χ0) is 14.8. The molecule has 1 heterocycles. The zero-order valence-electron chi connectivity index (χ0n) is 12.0. The number of amides is 1. The summed E-state index contributed by atoms with van der Waals surface area (Å²) in [6.07, 6.45) is -4.67. The first-order valence-electron chi connectivity index (χ1n) is 6.70. The Labute approximate surface area is 112 Å². The average Bonchev–Trinajstić information content (AvgIpc) is 2.73. The van der Waals surface area contributed by atoms with E-state index in [9.17, 15) is 18.0 Å². The van der Waals surface area contributed by atoms with Crippen molar-refractivity contribution in [3.05, 3.63) is 0 Å². The number of alkyl halides is 3. The van der Waals surface area contributed by atoms with Crippen molar-refractivity contribution in [2.75, 3.05) is 19.6 Å². The second kappa shape index (κ2) is 5.69. The summed E-state index contributed by atoms with van der Waals surface area (Å²) in [5.41, 5.74) is -2.24. The minimum atomic E-state index is -4.50. The van der Waals surface area contributed by atoms with Gasteiger partial charge in [0.25, 0.3) is 0 Å². The predicted molar refractivity (Wildman–Crippen MR) is 67.7 cm³/mol. The lowest BCUT2D eigenvalue weighted by molar-refractivity contribution is -0.222. The second-order valence-corrected chi connectivity index (χ2v) is 5.95. The van der Waals surface area contributed by atoms with Crippen LogP contribution in [0.4, 0.5) is 13.2 Å². The summed E-state index contributed by atoms with van der Waals surface area (Å²) in [6.45, 7) is 7.59. The van der Waals surface area contributed by atoms with Crippen molar-refractivity contribution >= 4 is 5.91 Å². The van der Waals surface area contributed by atoms with E-state index in [1.54, 1.807) is 13.8 Å². The van der Waals surface area contributed by atoms with Crippen LogP contribution in [0.15, 0.2) is 0 Å². The number of carbonyl (C=O) groups is 1. The highest BCUT2D eigenvalue weighted by Gasteiger charge is 2.62. The van der Waals surface area contributed by atoms with E-state index in [2.05, 4.69) is 5.32 Å². The fraction of sp³-hybridized carbons (Fsp3) is 0.923. The molecule has 0 aromatic heterocycles. The molecule has 0 radical (unpaired) electrons. The lowest BCUT2D eigenvalue weighted by atomic mass is 9.84. The Morgan fingerprint density at radius 3 is 2.21 bits per heavy atom. The van der Waals surface area contributed by atoms with E-state index in [0.717, 1.165) is 0 Å². The first-order chi connectivity index (χ1) is 8.62. The van der Waals surface area contributed by atoms with Crippen LogP contribution in [0.3, 0.4) is 0 Å². The van der Waals surface area contributed by atoms with Crippen LogP contribution in [0.1, 0.15) is 34.1 Å². The lowest BCUT2D eigenvalue weighted by Crippen LogP contribution is -2.56. The number of hydrogen-bond donors (Lipinski definition) is 1. The molecule has 0 saturated carbocycles. The van der Waals surface area contributed by atoms with E-state index in [1.807, 2.05) is 13.8 Å². The fourth-order valence-corrected chi connectivity index (χ4v) is 2.43. The molecule has 0 bridgehead atoms. The average molecular weight is 280 g/mol. The van der Waals surface area contributed by atoms with Crippen LogP contribution in [0.25, 0.3) is 0 Å². The van der Waals surface area contributed by atoms with Gasteiger partial charge in [-0.2, -0.15) is 13.2 Å². The van der Waals surface area contributed by atoms with Crippen molar-refractivity contribution in [1.82, 2.24) is 10.2 Å². The van der Waals surface area contributed by atoms with E-state index < -0.39 is 17.5 Å². The van der Waals surface area contributed by atoms with Gasteiger partial charge < -0.3 is 10.2 Å². The van der Waals surface area contributed by atoms with Gasteiger partial charge in [0.2, 0.25) is 5.91 Å². The molecule has 0 spiro atoms. The SMILES string of the molecule is CC(C)CN(C(=O)C1(C(F)(F)F)CCNC1)C(C)C. The molecule has 19 heavy (non-hydrogen) atoms.